The first-order valence-electron chi connectivity index (χ1n) is 6.01. The molecule has 0 aliphatic rings. The maximum absolute atomic E-state index is 13.0. The quantitative estimate of drug-likeness (QED) is 0.831. The molecule has 1 unspecified atom stereocenters. The Bertz CT molecular complexity index is 508. The third-order valence-corrected chi connectivity index (χ3v) is 2.93. The minimum absolute atomic E-state index is 0.0361. The molecule has 110 valence electrons. The van der Waals surface area contributed by atoms with Gasteiger partial charge in [0, 0.05) is 13.6 Å². The zero-order valence-corrected chi connectivity index (χ0v) is 11.9. The van der Waals surface area contributed by atoms with E-state index in [2.05, 4.69) is 5.32 Å². The van der Waals surface area contributed by atoms with Gasteiger partial charge in [-0.15, -0.1) is 0 Å². The van der Waals surface area contributed by atoms with Gasteiger partial charge in [-0.2, -0.15) is 0 Å². The monoisotopic (exact) mass is 302 g/mol. The van der Waals surface area contributed by atoms with E-state index in [9.17, 15) is 14.0 Å². The van der Waals surface area contributed by atoms with Gasteiger partial charge in [-0.05, 0) is 31.5 Å². The molecule has 7 heteroatoms. The highest BCUT2D eigenvalue weighted by Crippen LogP contribution is 2.22. The van der Waals surface area contributed by atoms with E-state index in [4.69, 9.17) is 16.7 Å². The minimum atomic E-state index is -0.911. The Labute approximate surface area is 121 Å². The summed E-state index contributed by atoms with van der Waals surface area (Å²) in [5.41, 5.74) is 0.0361. The number of carbonyl (C=O) groups excluding carboxylic acids is 2. The second-order valence-electron chi connectivity index (χ2n) is 4.44. The molecule has 0 bridgehead atoms. The second kappa shape index (κ2) is 7.21. The molecule has 0 spiro atoms. The molecule has 1 aromatic rings. The van der Waals surface area contributed by atoms with E-state index in [1.807, 2.05) is 0 Å². The zero-order valence-electron chi connectivity index (χ0n) is 11.2. The summed E-state index contributed by atoms with van der Waals surface area (Å²) in [5.74, 6) is -2.27. The predicted molar refractivity (Wildman–Crippen MR) is 74.0 cm³/mol. The molecule has 0 saturated heterocycles. The van der Waals surface area contributed by atoms with E-state index >= 15 is 0 Å². The lowest BCUT2D eigenvalue weighted by molar-refractivity contribution is -0.142. The van der Waals surface area contributed by atoms with Crippen molar-refractivity contribution in [2.24, 2.45) is 0 Å². The fourth-order valence-electron chi connectivity index (χ4n) is 1.42. The lowest BCUT2D eigenvalue weighted by Gasteiger charge is -2.17. The number of nitrogens with one attached hydrogen (secondary N) is 1. The van der Waals surface area contributed by atoms with Crippen molar-refractivity contribution in [3.05, 3.63) is 29.0 Å². The van der Waals surface area contributed by atoms with Crippen LogP contribution in [-0.2, 0) is 9.59 Å². The number of carbonyl (C=O) groups is 2. The molecule has 0 aromatic heterocycles. The van der Waals surface area contributed by atoms with Gasteiger partial charge in [-0.1, -0.05) is 11.6 Å². The standard InChI is InChI=1S/C13H16ClFN2O3/c1-8(18)5-6-17(2)13(20)12(19)16-11-7-9(15)3-4-10(11)14/h3-4,7-8,18H,5-6H2,1-2H3,(H,16,19). The third kappa shape index (κ3) is 4.79. The smallest absolute Gasteiger partial charge is 0.313 e. The summed E-state index contributed by atoms with van der Waals surface area (Å²) in [6.07, 6.45) is -0.207. The molecule has 2 N–H and O–H groups in total. The van der Waals surface area contributed by atoms with Crippen molar-refractivity contribution < 1.29 is 19.1 Å². The first kappa shape index (κ1) is 16.4. The van der Waals surface area contributed by atoms with Crippen LogP contribution in [0, 0.1) is 5.82 Å². The molecule has 1 aromatic carbocycles. The molecule has 1 rings (SSSR count). The van der Waals surface area contributed by atoms with Crippen LogP contribution < -0.4 is 5.32 Å². The van der Waals surface area contributed by atoms with Crippen molar-refractivity contribution in [2.75, 3.05) is 18.9 Å². The van der Waals surface area contributed by atoms with Crippen LogP contribution in [-0.4, -0.2) is 41.5 Å². The predicted octanol–water partition coefficient (Wildman–Crippen LogP) is 1.65. The fraction of sp³-hybridized carbons (Fsp3) is 0.385. The number of amides is 2. The van der Waals surface area contributed by atoms with Crippen molar-refractivity contribution >= 4 is 29.1 Å². The summed E-state index contributed by atoms with van der Waals surface area (Å²) in [5, 5.41) is 11.5. The number of hydrogen-bond donors (Lipinski definition) is 2. The molecule has 1 atom stereocenters. The van der Waals surface area contributed by atoms with Crippen molar-refractivity contribution in [3.8, 4) is 0 Å². The second-order valence-corrected chi connectivity index (χ2v) is 4.85. The maximum Gasteiger partial charge on any atom is 0.313 e. The van der Waals surface area contributed by atoms with Crippen LogP contribution in [0.3, 0.4) is 0 Å². The number of benzene rings is 1. The van der Waals surface area contributed by atoms with Crippen LogP contribution in [0.2, 0.25) is 5.02 Å². The van der Waals surface area contributed by atoms with Gasteiger partial charge >= 0.3 is 11.8 Å². The molecular weight excluding hydrogens is 287 g/mol. The fourth-order valence-corrected chi connectivity index (χ4v) is 1.59. The van der Waals surface area contributed by atoms with Crippen molar-refractivity contribution in [1.29, 1.82) is 0 Å². The summed E-state index contributed by atoms with van der Waals surface area (Å²) < 4.78 is 13.0. The average molecular weight is 303 g/mol. The summed E-state index contributed by atoms with van der Waals surface area (Å²) in [6.45, 7) is 1.83. The molecule has 0 aliphatic carbocycles. The van der Waals surface area contributed by atoms with Crippen molar-refractivity contribution in [3.63, 3.8) is 0 Å². The largest absolute Gasteiger partial charge is 0.393 e. The number of anilines is 1. The van der Waals surface area contributed by atoms with E-state index < -0.39 is 23.7 Å². The Morgan fingerprint density at radius 3 is 2.75 bits per heavy atom. The lowest BCUT2D eigenvalue weighted by Crippen LogP contribution is -2.38. The van der Waals surface area contributed by atoms with Crippen molar-refractivity contribution in [1.82, 2.24) is 4.90 Å². The van der Waals surface area contributed by atoms with Crippen LogP contribution in [0.25, 0.3) is 0 Å². The number of halogens is 2. The number of nitrogens with zero attached hydrogens (tertiary/aromatic N) is 1. The number of aliphatic hydroxyl groups is 1. The Morgan fingerprint density at radius 2 is 2.15 bits per heavy atom. The number of likely N-dealkylation sites (N-methyl/N-ethyl adjacent to an activating group) is 1. The van der Waals surface area contributed by atoms with Crippen LogP contribution >= 0.6 is 11.6 Å². The van der Waals surface area contributed by atoms with Gasteiger partial charge in [0.05, 0.1) is 16.8 Å². The van der Waals surface area contributed by atoms with E-state index in [1.54, 1.807) is 6.92 Å². The van der Waals surface area contributed by atoms with Crippen molar-refractivity contribution in [2.45, 2.75) is 19.4 Å². The summed E-state index contributed by atoms with van der Waals surface area (Å²) in [7, 11) is 1.44. The van der Waals surface area contributed by atoms with Gasteiger partial charge < -0.3 is 15.3 Å². The van der Waals surface area contributed by atoms with Gasteiger partial charge in [0.25, 0.3) is 0 Å². The third-order valence-electron chi connectivity index (χ3n) is 2.60. The molecule has 0 fully saturated rings. The molecule has 0 aliphatic heterocycles. The summed E-state index contributed by atoms with van der Waals surface area (Å²) >= 11 is 5.79. The minimum Gasteiger partial charge on any atom is -0.393 e. The lowest BCUT2D eigenvalue weighted by atomic mass is 10.2. The first-order valence-corrected chi connectivity index (χ1v) is 6.38. The molecule has 0 saturated carbocycles. The van der Waals surface area contributed by atoms with E-state index in [1.165, 1.54) is 18.0 Å². The van der Waals surface area contributed by atoms with E-state index in [0.29, 0.717) is 6.42 Å². The van der Waals surface area contributed by atoms with Gasteiger partial charge in [-0.25, -0.2) is 4.39 Å². The van der Waals surface area contributed by atoms with Gasteiger partial charge in [-0.3, -0.25) is 9.59 Å². The van der Waals surface area contributed by atoms with E-state index in [0.717, 1.165) is 12.1 Å². The topological polar surface area (TPSA) is 69.6 Å². The SMILES string of the molecule is CC(O)CCN(C)C(=O)C(=O)Nc1cc(F)ccc1Cl. The van der Waals surface area contributed by atoms with Crippen LogP contribution in [0.4, 0.5) is 10.1 Å². The average Bonchev–Trinajstić information content (AvgIpc) is 2.39. The highest BCUT2D eigenvalue weighted by atomic mass is 35.5. The Hall–Kier alpha value is -1.66. The molecule has 5 nitrogen and oxygen atoms in total. The summed E-state index contributed by atoms with van der Waals surface area (Å²) in [4.78, 5) is 24.6. The Balaban J connectivity index is 2.66. The zero-order chi connectivity index (χ0) is 15.3. The highest BCUT2D eigenvalue weighted by Gasteiger charge is 2.20. The van der Waals surface area contributed by atoms with Gasteiger partial charge in [0.2, 0.25) is 0 Å². The number of aliphatic hydroxyl groups excluding tert-OH is 1. The van der Waals surface area contributed by atoms with E-state index in [-0.39, 0.29) is 17.3 Å². The normalized spacial score (nSPS) is 11.8. The van der Waals surface area contributed by atoms with Crippen LogP contribution in [0.1, 0.15) is 13.3 Å². The molecule has 0 heterocycles. The molecule has 20 heavy (non-hydrogen) atoms. The first-order chi connectivity index (χ1) is 9.31. The van der Waals surface area contributed by atoms with Crippen LogP contribution in [0.5, 0.6) is 0 Å². The Morgan fingerprint density at radius 1 is 1.50 bits per heavy atom. The highest BCUT2D eigenvalue weighted by molar-refractivity contribution is 6.41. The van der Waals surface area contributed by atoms with Gasteiger partial charge in [0.15, 0.2) is 0 Å². The number of hydrogen-bond acceptors (Lipinski definition) is 3. The molecule has 2 amide bonds. The number of rotatable bonds is 4. The van der Waals surface area contributed by atoms with Crippen LogP contribution in [0.15, 0.2) is 18.2 Å². The molecular formula is C13H16ClFN2O3. The summed E-state index contributed by atoms with van der Waals surface area (Å²) in [6, 6.07) is 3.46. The van der Waals surface area contributed by atoms with Gasteiger partial charge in [0.1, 0.15) is 5.82 Å². The molecule has 0 radical (unpaired) electrons. The maximum atomic E-state index is 13.0. The Kier molecular flexibility index (Phi) is 5.91.